The van der Waals surface area contributed by atoms with Gasteiger partial charge in [-0.2, -0.15) is 0 Å². The number of rotatable bonds is 6. The van der Waals surface area contributed by atoms with Crippen LogP contribution >= 0.6 is 11.6 Å². The third kappa shape index (κ3) is 4.91. The lowest BCUT2D eigenvalue weighted by Crippen LogP contribution is -2.48. The number of imide groups is 1. The van der Waals surface area contributed by atoms with Gasteiger partial charge in [0.25, 0.3) is 5.91 Å². The fourth-order valence-electron chi connectivity index (χ4n) is 5.12. The number of amides is 4. The van der Waals surface area contributed by atoms with Gasteiger partial charge in [-0.3, -0.25) is 9.59 Å². The van der Waals surface area contributed by atoms with Gasteiger partial charge in [0, 0.05) is 28.5 Å². The number of halogens is 1. The Bertz CT molecular complexity index is 1240. The number of ether oxygens (including phenoxy) is 1. The van der Waals surface area contributed by atoms with E-state index < -0.39 is 24.4 Å². The lowest BCUT2D eigenvalue weighted by molar-refractivity contribution is -0.127. The maximum absolute atomic E-state index is 13.0. The van der Waals surface area contributed by atoms with Crippen molar-refractivity contribution in [2.45, 2.75) is 45.6 Å². The Morgan fingerprint density at radius 1 is 1.25 bits per heavy atom. The zero-order chi connectivity index (χ0) is 26.2. The van der Waals surface area contributed by atoms with Crippen LogP contribution in [-0.4, -0.2) is 48.5 Å². The lowest BCUT2D eigenvalue weighted by Gasteiger charge is -2.47. The van der Waals surface area contributed by atoms with Gasteiger partial charge in [0.2, 0.25) is 5.91 Å². The van der Waals surface area contributed by atoms with Gasteiger partial charge in [0.05, 0.1) is 7.11 Å². The molecule has 0 spiro atoms. The standard InChI is InChI=1S/C27H31ClN4O4/c1-6-32-23-13-21(28)17(11-20(23)16(2)14-27(32,3)4)12-22-25(34)31(26(35)30-22)15-24(33)29-18-7-9-19(36-5)10-8-18/h7-13,16H,6,14-15H2,1-5H3,(H,29,33)(H,30,35)/b22-12+. The molecule has 190 valence electrons. The number of urea groups is 1. The number of nitrogens with one attached hydrogen (secondary N) is 2. The van der Waals surface area contributed by atoms with E-state index in [9.17, 15) is 14.4 Å². The number of anilines is 2. The molecule has 1 atom stereocenters. The Morgan fingerprint density at radius 3 is 2.58 bits per heavy atom. The highest BCUT2D eigenvalue weighted by Gasteiger charge is 2.37. The third-order valence-electron chi connectivity index (χ3n) is 6.76. The average molecular weight is 511 g/mol. The summed E-state index contributed by atoms with van der Waals surface area (Å²) in [5.74, 6) is -0.117. The highest BCUT2D eigenvalue weighted by Crippen LogP contribution is 2.45. The second kappa shape index (κ2) is 9.85. The van der Waals surface area contributed by atoms with E-state index in [1.807, 2.05) is 12.1 Å². The van der Waals surface area contributed by atoms with E-state index in [2.05, 4.69) is 43.2 Å². The van der Waals surface area contributed by atoms with Crippen molar-refractivity contribution in [3.8, 4) is 5.75 Å². The van der Waals surface area contributed by atoms with Crippen LogP contribution < -0.4 is 20.3 Å². The molecular weight excluding hydrogens is 480 g/mol. The molecule has 0 aliphatic carbocycles. The molecule has 1 saturated heterocycles. The zero-order valence-corrected chi connectivity index (χ0v) is 21.9. The molecule has 2 aromatic carbocycles. The van der Waals surface area contributed by atoms with Crippen LogP contribution in [0.1, 0.15) is 51.2 Å². The van der Waals surface area contributed by atoms with Crippen molar-refractivity contribution in [3.63, 3.8) is 0 Å². The second-order valence-corrected chi connectivity index (χ2v) is 10.2. The van der Waals surface area contributed by atoms with Gasteiger partial charge >= 0.3 is 6.03 Å². The summed E-state index contributed by atoms with van der Waals surface area (Å²) in [7, 11) is 1.55. The van der Waals surface area contributed by atoms with Crippen LogP contribution in [0.2, 0.25) is 5.02 Å². The summed E-state index contributed by atoms with van der Waals surface area (Å²) < 4.78 is 5.10. The Kier molecular flexibility index (Phi) is 7.00. The molecule has 4 amide bonds. The first-order chi connectivity index (χ1) is 17.0. The van der Waals surface area contributed by atoms with Gasteiger partial charge in [0.1, 0.15) is 18.0 Å². The fraction of sp³-hybridized carbons (Fsp3) is 0.370. The van der Waals surface area contributed by atoms with Crippen LogP contribution in [0, 0.1) is 0 Å². The minimum absolute atomic E-state index is 0.00671. The van der Waals surface area contributed by atoms with Crippen molar-refractivity contribution >= 4 is 46.9 Å². The quantitative estimate of drug-likeness (QED) is 0.422. The van der Waals surface area contributed by atoms with E-state index in [0.29, 0.717) is 27.9 Å². The molecule has 2 heterocycles. The molecule has 0 saturated carbocycles. The molecule has 1 fully saturated rings. The number of carbonyl (C=O) groups excluding carboxylic acids is 3. The molecule has 36 heavy (non-hydrogen) atoms. The maximum atomic E-state index is 13.0. The second-order valence-electron chi connectivity index (χ2n) is 9.75. The Morgan fingerprint density at radius 2 is 1.94 bits per heavy atom. The largest absolute Gasteiger partial charge is 0.497 e. The highest BCUT2D eigenvalue weighted by molar-refractivity contribution is 6.32. The summed E-state index contributed by atoms with van der Waals surface area (Å²) in [6, 6.07) is 10.0. The highest BCUT2D eigenvalue weighted by atomic mass is 35.5. The van der Waals surface area contributed by atoms with Crippen molar-refractivity contribution in [2.24, 2.45) is 0 Å². The first-order valence-electron chi connectivity index (χ1n) is 11.9. The number of benzene rings is 2. The molecule has 8 nitrogen and oxygen atoms in total. The van der Waals surface area contributed by atoms with E-state index in [1.165, 1.54) is 0 Å². The average Bonchev–Trinajstić information content (AvgIpc) is 3.07. The number of fused-ring (bicyclic) bond motifs is 1. The van der Waals surface area contributed by atoms with E-state index >= 15 is 0 Å². The molecule has 0 aromatic heterocycles. The van der Waals surface area contributed by atoms with E-state index in [0.717, 1.165) is 29.1 Å². The van der Waals surface area contributed by atoms with Crippen LogP contribution in [-0.2, 0) is 9.59 Å². The van der Waals surface area contributed by atoms with Gasteiger partial charge in [-0.15, -0.1) is 0 Å². The SMILES string of the molecule is CCN1c2cc(Cl)c(/C=C3/NC(=O)N(CC(=O)Nc4ccc(OC)cc4)C3=O)cc2C(C)CC1(C)C. The van der Waals surface area contributed by atoms with Crippen LogP contribution in [0.25, 0.3) is 6.08 Å². The van der Waals surface area contributed by atoms with Gasteiger partial charge < -0.3 is 20.3 Å². The maximum Gasteiger partial charge on any atom is 0.329 e. The summed E-state index contributed by atoms with van der Waals surface area (Å²) in [6.45, 7) is 9.20. The lowest BCUT2D eigenvalue weighted by atomic mass is 9.79. The molecule has 0 radical (unpaired) electrons. The topological polar surface area (TPSA) is 91.0 Å². The Hall–Kier alpha value is -3.52. The Balaban J connectivity index is 1.53. The molecule has 2 N–H and O–H groups in total. The summed E-state index contributed by atoms with van der Waals surface area (Å²) in [4.78, 5) is 41.2. The summed E-state index contributed by atoms with van der Waals surface area (Å²) in [6.07, 6.45) is 2.56. The molecule has 2 aromatic rings. The molecule has 2 aliphatic heterocycles. The van der Waals surface area contributed by atoms with Crippen LogP contribution in [0.5, 0.6) is 5.75 Å². The van der Waals surface area contributed by atoms with Gasteiger partial charge in [-0.05, 0) is 86.7 Å². The summed E-state index contributed by atoms with van der Waals surface area (Å²) in [5.41, 5.74) is 3.50. The van der Waals surface area contributed by atoms with E-state index in [-0.39, 0.29) is 11.2 Å². The van der Waals surface area contributed by atoms with Crippen molar-refractivity contribution in [1.29, 1.82) is 0 Å². The van der Waals surface area contributed by atoms with E-state index in [1.54, 1.807) is 37.5 Å². The normalized spacial score (nSPS) is 19.8. The molecule has 9 heteroatoms. The third-order valence-corrected chi connectivity index (χ3v) is 7.09. The minimum atomic E-state index is -0.655. The molecule has 2 aliphatic rings. The number of hydrogen-bond acceptors (Lipinski definition) is 5. The van der Waals surface area contributed by atoms with Crippen LogP contribution in [0.3, 0.4) is 0 Å². The smallest absolute Gasteiger partial charge is 0.329 e. The predicted octanol–water partition coefficient (Wildman–Crippen LogP) is 4.99. The van der Waals surface area contributed by atoms with Crippen LogP contribution in [0.4, 0.5) is 16.2 Å². The van der Waals surface area contributed by atoms with Crippen molar-refractivity contribution in [1.82, 2.24) is 10.2 Å². The Labute approximate surface area is 216 Å². The van der Waals surface area contributed by atoms with Crippen molar-refractivity contribution in [2.75, 3.05) is 30.4 Å². The molecule has 1 unspecified atom stereocenters. The van der Waals surface area contributed by atoms with Crippen LogP contribution in [0.15, 0.2) is 42.1 Å². The summed E-state index contributed by atoms with van der Waals surface area (Å²) >= 11 is 6.64. The summed E-state index contributed by atoms with van der Waals surface area (Å²) in [5, 5.41) is 5.74. The van der Waals surface area contributed by atoms with Gasteiger partial charge in [0.15, 0.2) is 0 Å². The number of nitrogens with zero attached hydrogens (tertiary/aromatic N) is 2. The monoisotopic (exact) mass is 510 g/mol. The number of hydrogen-bond donors (Lipinski definition) is 2. The van der Waals surface area contributed by atoms with Gasteiger partial charge in [-0.25, -0.2) is 9.69 Å². The van der Waals surface area contributed by atoms with Crippen molar-refractivity contribution < 1.29 is 19.1 Å². The van der Waals surface area contributed by atoms with E-state index in [4.69, 9.17) is 16.3 Å². The first kappa shape index (κ1) is 25.6. The first-order valence-corrected chi connectivity index (χ1v) is 12.3. The molecular formula is C27H31ClN4O4. The zero-order valence-electron chi connectivity index (χ0n) is 21.1. The van der Waals surface area contributed by atoms with Gasteiger partial charge in [-0.1, -0.05) is 18.5 Å². The minimum Gasteiger partial charge on any atom is -0.497 e. The molecule has 0 bridgehead atoms. The fourth-order valence-corrected chi connectivity index (χ4v) is 5.33. The predicted molar refractivity (Wildman–Crippen MR) is 141 cm³/mol. The number of methoxy groups -OCH3 is 1. The van der Waals surface area contributed by atoms with Crippen molar-refractivity contribution in [3.05, 3.63) is 58.2 Å². The molecule has 4 rings (SSSR count). The number of carbonyl (C=O) groups is 3.